The molecule has 2 aromatic rings. The van der Waals surface area contributed by atoms with Gasteiger partial charge in [0.25, 0.3) is 11.3 Å². The Bertz CT molecular complexity index is 917. The fourth-order valence-corrected chi connectivity index (χ4v) is 4.75. The fourth-order valence-electron chi connectivity index (χ4n) is 2.91. The number of rotatable bonds is 4. The molecule has 2 aliphatic heterocycles. The van der Waals surface area contributed by atoms with Crippen LogP contribution in [0.3, 0.4) is 0 Å². The van der Waals surface area contributed by atoms with Crippen molar-refractivity contribution < 1.29 is 0 Å². The van der Waals surface area contributed by atoms with E-state index in [-0.39, 0.29) is 0 Å². The van der Waals surface area contributed by atoms with Crippen molar-refractivity contribution in [3.05, 3.63) is 68.6 Å². The van der Waals surface area contributed by atoms with Gasteiger partial charge >= 0.3 is 0 Å². The first kappa shape index (κ1) is 18.7. The zero-order chi connectivity index (χ0) is 19.1. The van der Waals surface area contributed by atoms with Crippen molar-refractivity contribution in [3.63, 3.8) is 0 Å². The quantitative estimate of drug-likeness (QED) is 0.378. The van der Waals surface area contributed by atoms with Crippen LogP contribution in [0.5, 0.6) is 0 Å². The van der Waals surface area contributed by atoms with Gasteiger partial charge in [0.05, 0.1) is 0 Å². The Morgan fingerprint density at radius 1 is 0.630 bits per heavy atom. The summed E-state index contributed by atoms with van der Waals surface area (Å²) in [5.74, 6) is 0. The number of nitrogens with zero attached hydrogens (tertiary/aromatic N) is 8. The predicted octanol–water partition coefficient (Wildman–Crippen LogP) is 7.06. The number of alkyl halides is 2. The molecule has 0 spiro atoms. The Morgan fingerprint density at radius 2 is 0.963 bits per heavy atom. The Kier molecular flexibility index (Phi) is 4.69. The van der Waals surface area contributed by atoms with Crippen LogP contribution < -0.4 is 0 Å². The molecule has 2 aliphatic rings. The van der Waals surface area contributed by atoms with E-state index in [9.17, 15) is 0 Å². The van der Waals surface area contributed by atoms with Gasteiger partial charge in [-0.2, -0.15) is 0 Å². The van der Waals surface area contributed by atoms with Crippen LogP contribution >= 0.6 is 55.1 Å². The van der Waals surface area contributed by atoms with Gasteiger partial charge in [-0.15, -0.1) is 20.5 Å². The highest BCUT2D eigenvalue weighted by Gasteiger charge is 2.70. The van der Waals surface area contributed by atoms with Gasteiger partial charge in [0.15, 0.2) is 0 Å². The molecule has 0 aliphatic carbocycles. The zero-order valence-electron chi connectivity index (χ0n) is 13.2. The van der Waals surface area contributed by atoms with Gasteiger partial charge in [-0.3, -0.25) is 0 Å². The number of hydrogen-bond acceptors (Lipinski definition) is 8. The van der Waals surface area contributed by atoms with Gasteiger partial charge < -0.3 is 0 Å². The average Bonchev–Trinajstić information content (AvgIpc) is 3.34. The minimum Gasteiger partial charge on any atom is -0.126 e. The van der Waals surface area contributed by atoms with Gasteiger partial charge in [0.1, 0.15) is 0 Å². The summed E-state index contributed by atoms with van der Waals surface area (Å²) in [4.78, 5) is 0. The van der Waals surface area contributed by atoms with E-state index in [1.165, 1.54) is 0 Å². The van der Waals surface area contributed by atoms with E-state index in [0.717, 1.165) is 0 Å². The molecular formula is C15H8Br2Cl2N8. The van der Waals surface area contributed by atoms with Crippen molar-refractivity contribution in [3.8, 4) is 0 Å². The fraction of sp³-hybridized carbons (Fsp3) is 0.200. The van der Waals surface area contributed by atoms with Crippen molar-refractivity contribution in [1.29, 1.82) is 0 Å². The van der Waals surface area contributed by atoms with E-state index in [0.29, 0.717) is 20.1 Å². The first-order chi connectivity index (χ1) is 12.9. The maximum atomic E-state index is 6.98. The first-order valence-electron chi connectivity index (χ1n) is 7.51. The third kappa shape index (κ3) is 2.61. The molecule has 136 valence electrons. The van der Waals surface area contributed by atoms with Gasteiger partial charge in [-0.05, 0) is 33.0 Å². The molecule has 4 rings (SSSR count). The molecule has 0 saturated carbocycles. The Labute approximate surface area is 180 Å². The molecule has 12 heteroatoms. The van der Waals surface area contributed by atoms with Gasteiger partial charge in [0, 0.05) is 20.1 Å². The standard InChI is InChI=1S/C15H8Br2Cl2N8/c16-11-7-3-1-5-9(11)13(20-24-25-21-13)15(18,19)14(22-26-27-23-14)10-6-2-4-8-12(10)17/h1-8H. The van der Waals surface area contributed by atoms with E-state index in [1.54, 1.807) is 24.3 Å². The SMILES string of the molecule is ClC(Cl)(C1(c2ccccc2Br)N=NN=N1)C1(c2ccccc2Br)N=NN=N1. The van der Waals surface area contributed by atoms with E-state index in [1.807, 2.05) is 24.3 Å². The average molecular weight is 531 g/mol. The minimum atomic E-state index is -1.92. The summed E-state index contributed by atoms with van der Waals surface area (Å²) >= 11 is 21.0. The van der Waals surface area contributed by atoms with E-state index in [4.69, 9.17) is 23.2 Å². The molecular weight excluding hydrogens is 523 g/mol. The van der Waals surface area contributed by atoms with Crippen LogP contribution in [-0.2, 0) is 11.3 Å². The van der Waals surface area contributed by atoms with Crippen LogP contribution in [0.1, 0.15) is 11.1 Å². The van der Waals surface area contributed by atoms with Crippen molar-refractivity contribution >= 4 is 55.1 Å². The molecule has 0 radical (unpaired) electrons. The lowest BCUT2D eigenvalue weighted by molar-refractivity contribution is 0.267. The van der Waals surface area contributed by atoms with Crippen LogP contribution in [-0.4, -0.2) is 4.33 Å². The molecule has 0 fully saturated rings. The molecule has 27 heavy (non-hydrogen) atoms. The molecule has 0 atom stereocenters. The minimum absolute atomic E-state index is 0.545. The van der Waals surface area contributed by atoms with E-state index >= 15 is 0 Å². The number of halogens is 4. The summed E-state index contributed by atoms with van der Waals surface area (Å²) in [7, 11) is 0. The molecule has 0 aromatic heterocycles. The second-order valence-corrected chi connectivity index (χ2v) is 8.67. The normalized spacial score (nSPS) is 19.1. The van der Waals surface area contributed by atoms with Gasteiger partial charge in [-0.1, -0.05) is 91.5 Å². The lowest BCUT2D eigenvalue weighted by atomic mass is 9.85. The molecule has 8 nitrogen and oxygen atoms in total. The van der Waals surface area contributed by atoms with E-state index < -0.39 is 15.7 Å². The summed E-state index contributed by atoms with van der Waals surface area (Å²) < 4.78 is -0.574. The number of hydrogen-bond donors (Lipinski definition) is 0. The van der Waals surface area contributed by atoms with Crippen LogP contribution in [0.15, 0.2) is 98.8 Å². The van der Waals surface area contributed by atoms with Gasteiger partial charge in [0.2, 0.25) is 4.33 Å². The number of benzene rings is 2. The molecule has 0 unspecified atom stereocenters. The highest BCUT2D eigenvalue weighted by atomic mass is 79.9. The third-order valence-corrected chi connectivity index (χ3v) is 6.65. The molecule has 0 amide bonds. The van der Waals surface area contributed by atoms with Crippen molar-refractivity contribution in [2.24, 2.45) is 41.4 Å². The lowest BCUT2D eigenvalue weighted by Gasteiger charge is -2.40. The maximum absolute atomic E-state index is 6.98. The largest absolute Gasteiger partial charge is 0.258 e. The molecule has 0 bridgehead atoms. The van der Waals surface area contributed by atoms with Gasteiger partial charge in [-0.25, -0.2) is 0 Å². The van der Waals surface area contributed by atoms with Crippen LogP contribution in [0.25, 0.3) is 0 Å². The highest BCUT2D eigenvalue weighted by Crippen LogP contribution is 2.61. The Balaban J connectivity index is 2.00. The topological polar surface area (TPSA) is 98.9 Å². The second kappa shape index (κ2) is 6.77. The summed E-state index contributed by atoms with van der Waals surface area (Å²) in [6.45, 7) is 0. The monoisotopic (exact) mass is 528 g/mol. The zero-order valence-corrected chi connectivity index (χ0v) is 17.9. The lowest BCUT2D eigenvalue weighted by Crippen LogP contribution is -2.53. The Hall–Kier alpha value is -1.62. The Morgan fingerprint density at radius 3 is 1.30 bits per heavy atom. The predicted molar refractivity (Wildman–Crippen MR) is 106 cm³/mol. The molecule has 2 heterocycles. The summed E-state index contributed by atoms with van der Waals surface area (Å²) in [5.41, 5.74) is -2.17. The van der Waals surface area contributed by atoms with Crippen LogP contribution in [0.2, 0.25) is 0 Å². The second-order valence-electron chi connectivity index (χ2n) is 5.64. The summed E-state index contributed by atoms with van der Waals surface area (Å²) in [6, 6.07) is 14.4. The maximum Gasteiger partial charge on any atom is 0.258 e. The molecule has 0 N–H and O–H groups in total. The van der Waals surface area contributed by atoms with Crippen molar-refractivity contribution in [2.75, 3.05) is 0 Å². The van der Waals surface area contributed by atoms with Crippen LogP contribution in [0.4, 0.5) is 0 Å². The van der Waals surface area contributed by atoms with E-state index in [2.05, 4.69) is 73.2 Å². The van der Waals surface area contributed by atoms with Crippen molar-refractivity contribution in [2.45, 2.75) is 15.7 Å². The highest BCUT2D eigenvalue weighted by molar-refractivity contribution is 9.10. The first-order valence-corrected chi connectivity index (χ1v) is 9.85. The summed E-state index contributed by atoms with van der Waals surface area (Å²) in [5, 5.41) is 31.5. The third-order valence-electron chi connectivity index (χ3n) is 4.21. The molecule has 2 aromatic carbocycles. The smallest absolute Gasteiger partial charge is 0.126 e. The van der Waals surface area contributed by atoms with Crippen molar-refractivity contribution in [1.82, 2.24) is 0 Å². The van der Waals surface area contributed by atoms with Crippen LogP contribution in [0, 0.1) is 0 Å². The summed E-state index contributed by atoms with van der Waals surface area (Å²) in [6.07, 6.45) is 0. The molecule has 0 saturated heterocycles.